The molecule has 0 aliphatic carbocycles. The maximum Gasteiger partial charge on any atom is 0.337 e. The SMILES string of the molecule is CC.Cc1c(N)c(C(=O)O)cc(Cl)c1Br. The molecular formula is C10H13BrClNO2. The number of anilines is 1. The lowest BCUT2D eigenvalue weighted by atomic mass is 10.1. The zero-order chi connectivity index (χ0) is 12.2. The first-order valence-electron chi connectivity index (χ1n) is 4.42. The third kappa shape index (κ3) is 3.11. The number of halogens is 2. The Morgan fingerprint density at radius 2 is 2.00 bits per heavy atom. The van der Waals surface area contributed by atoms with E-state index in [1.165, 1.54) is 6.07 Å². The molecule has 0 amide bonds. The number of carbonyl (C=O) groups is 1. The summed E-state index contributed by atoms with van der Waals surface area (Å²) in [6.45, 7) is 5.71. The van der Waals surface area contributed by atoms with Crippen molar-refractivity contribution in [3.8, 4) is 0 Å². The van der Waals surface area contributed by atoms with Gasteiger partial charge in [0.15, 0.2) is 0 Å². The molecule has 1 aromatic carbocycles. The van der Waals surface area contributed by atoms with E-state index in [4.69, 9.17) is 22.4 Å². The second-order valence-corrected chi connectivity index (χ2v) is 3.76. The molecule has 0 aliphatic heterocycles. The number of nitrogen functional groups attached to an aromatic ring is 1. The molecule has 0 aromatic heterocycles. The largest absolute Gasteiger partial charge is 0.478 e. The molecule has 1 rings (SSSR count). The molecule has 5 heteroatoms. The van der Waals surface area contributed by atoms with E-state index in [9.17, 15) is 4.79 Å². The Morgan fingerprint density at radius 1 is 1.53 bits per heavy atom. The van der Waals surface area contributed by atoms with Crippen LogP contribution >= 0.6 is 27.5 Å². The van der Waals surface area contributed by atoms with Gasteiger partial charge in [-0.1, -0.05) is 25.4 Å². The highest BCUT2D eigenvalue weighted by molar-refractivity contribution is 9.10. The Hall–Kier alpha value is -0.740. The molecule has 0 spiro atoms. The van der Waals surface area contributed by atoms with Crippen molar-refractivity contribution in [2.24, 2.45) is 0 Å². The molecule has 0 aliphatic rings. The fourth-order valence-corrected chi connectivity index (χ4v) is 1.52. The van der Waals surface area contributed by atoms with Crippen LogP contribution in [0.1, 0.15) is 29.8 Å². The molecule has 1 aromatic rings. The average molecular weight is 295 g/mol. The van der Waals surface area contributed by atoms with Crippen molar-refractivity contribution in [2.45, 2.75) is 20.8 Å². The predicted molar refractivity (Wildman–Crippen MR) is 66.6 cm³/mol. The Morgan fingerprint density at radius 3 is 2.40 bits per heavy atom. The van der Waals surface area contributed by atoms with Gasteiger partial charge in [0, 0.05) is 4.47 Å². The fraction of sp³-hybridized carbons (Fsp3) is 0.300. The number of aromatic carboxylic acids is 1. The van der Waals surface area contributed by atoms with Crippen molar-refractivity contribution in [2.75, 3.05) is 5.73 Å². The molecule has 0 heterocycles. The van der Waals surface area contributed by atoms with Crippen molar-refractivity contribution in [3.05, 3.63) is 26.7 Å². The van der Waals surface area contributed by atoms with Crippen LogP contribution in [-0.4, -0.2) is 11.1 Å². The van der Waals surface area contributed by atoms with E-state index in [-0.39, 0.29) is 11.3 Å². The van der Waals surface area contributed by atoms with Gasteiger partial charge in [0.2, 0.25) is 0 Å². The van der Waals surface area contributed by atoms with E-state index in [1.807, 2.05) is 13.8 Å². The van der Waals surface area contributed by atoms with Crippen molar-refractivity contribution in [1.29, 1.82) is 0 Å². The number of hydrogen-bond acceptors (Lipinski definition) is 2. The molecular weight excluding hydrogens is 281 g/mol. The van der Waals surface area contributed by atoms with Crippen molar-refractivity contribution >= 4 is 39.2 Å². The summed E-state index contributed by atoms with van der Waals surface area (Å²) >= 11 is 8.98. The van der Waals surface area contributed by atoms with E-state index < -0.39 is 5.97 Å². The molecule has 0 bridgehead atoms. The summed E-state index contributed by atoms with van der Waals surface area (Å²) in [7, 11) is 0. The lowest BCUT2D eigenvalue weighted by Gasteiger charge is -2.08. The summed E-state index contributed by atoms with van der Waals surface area (Å²) in [6.07, 6.45) is 0. The van der Waals surface area contributed by atoms with Gasteiger partial charge in [0.25, 0.3) is 0 Å². The van der Waals surface area contributed by atoms with Crippen LogP contribution in [0.2, 0.25) is 5.02 Å². The smallest absolute Gasteiger partial charge is 0.337 e. The van der Waals surface area contributed by atoms with Gasteiger partial charge in [0.1, 0.15) is 0 Å². The molecule has 0 atom stereocenters. The minimum absolute atomic E-state index is 0.0331. The molecule has 0 saturated carbocycles. The summed E-state index contributed by atoms with van der Waals surface area (Å²) in [5.74, 6) is -1.07. The van der Waals surface area contributed by atoms with Crippen molar-refractivity contribution in [1.82, 2.24) is 0 Å². The zero-order valence-corrected chi connectivity index (χ0v) is 11.1. The first-order valence-corrected chi connectivity index (χ1v) is 5.59. The summed E-state index contributed by atoms with van der Waals surface area (Å²) in [5.41, 5.74) is 6.50. The third-order valence-corrected chi connectivity index (χ3v) is 3.28. The summed E-state index contributed by atoms with van der Waals surface area (Å²) < 4.78 is 0.636. The van der Waals surface area contributed by atoms with E-state index in [2.05, 4.69) is 15.9 Å². The molecule has 0 radical (unpaired) electrons. The van der Waals surface area contributed by atoms with Crippen LogP contribution in [0.4, 0.5) is 5.69 Å². The number of hydrogen-bond donors (Lipinski definition) is 2. The summed E-state index contributed by atoms with van der Waals surface area (Å²) in [6, 6.07) is 1.33. The monoisotopic (exact) mass is 293 g/mol. The van der Waals surface area contributed by atoms with Gasteiger partial charge in [-0.25, -0.2) is 4.79 Å². The molecule has 0 fully saturated rings. The zero-order valence-electron chi connectivity index (χ0n) is 8.77. The Labute approximate surface area is 102 Å². The van der Waals surface area contributed by atoms with Gasteiger partial charge in [0.05, 0.1) is 16.3 Å². The first kappa shape index (κ1) is 14.3. The number of benzene rings is 1. The number of carboxylic acids is 1. The van der Waals surface area contributed by atoms with Crippen LogP contribution in [0.25, 0.3) is 0 Å². The second kappa shape index (κ2) is 5.98. The topological polar surface area (TPSA) is 63.3 Å². The molecule has 3 N–H and O–H groups in total. The lowest BCUT2D eigenvalue weighted by molar-refractivity contribution is 0.0698. The van der Waals surface area contributed by atoms with Gasteiger partial charge in [-0.2, -0.15) is 0 Å². The average Bonchev–Trinajstić information content (AvgIpc) is 2.23. The van der Waals surface area contributed by atoms with Gasteiger partial charge < -0.3 is 10.8 Å². The predicted octanol–water partition coefficient (Wildman–Crippen LogP) is 3.72. The third-order valence-electron chi connectivity index (χ3n) is 1.73. The maximum atomic E-state index is 10.7. The highest BCUT2D eigenvalue weighted by Crippen LogP contribution is 2.32. The van der Waals surface area contributed by atoms with E-state index >= 15 is 0 Å². The van der Waals surface area contributed by atoms with Gasteiger partial charge >= 0.3 is 5.97 Å². The molecule has 84 valence electrons. The van der Waals surface area contributed by atoms with E-state index in [0.717, 1.165) is 0 Å². The van der Waals surface area contributed by atoms with Crippen LogP contribution in [0.5, 0.6) is 0 Å². The minimum atomic E-state index is -1.07. The minimum Gasteiger partial charge on any atom is -0.478 e. The van der Waals surface area contributed by atoms with Gasteiger partial charge in [-0.3, -0.25) is 0 Å². The van der Waals surface area contributed by atoms with Crippen LogP contribution in [0, 0.1) is 6.92 Å². The highest BCUT2D eigenvalue weighted by atomic mass is 79.9. The van der Waals surface area contributed by atoms with Gasteiger partial charge in [-0.05, 0) is 34.5 Å². The number of nitrogens with two attached hydrogens (primary N) is 1. The standard InChI is InChI=1S/C8H7BrClNO2.C2H6/c1-3-6(9)5(10)2-4(7(3)11)8(12)13;1-2/h2H,11H2,1H3,(H,12,13);1-2H3. The Bertz CT molecular complexity index is 380. The normalized spacial score (nSPS) is 9.13. The van der Waals surface area contributed by atoms with Crippen molar-refractivity contribution < 1.29 is 9.90 Å². The molecule has 0 saturated heterocycles. The van der Waals surface area contributed by atoms with Crippen molar-refractivity contribution in [3.63, 3.8) is 0 Å². The van der Waals surface area contributed by atoms with Crippen LogP contribution in [0.15, 0.2) is 10.5 Å². The molecule has 3 nitrogen and oxygen atoms in total. The second-order valence-electron chi connectivity index (χ2n) is 2.56. The molecule has 15 heavy (non-hydrogen) atoms. The quantitative estimate of drug-likeness (QED) is 0.776. The Kier molecular flexibility index (Phi) is 5.68. The van der Waals surface area contributed by atoms with E-state index in [1.54, 1.807) is 6.92 Å². The van der Waals surface area contributed by atoms with Crippen LogP contribution in [0.3, 0.4) is 0 Å². The van der Waals surface area contributed by atoms with E-state index in [0.29, 0.717) is 15.1 Å². The fourth-order valence-electron chi connectivity index (χ4n) is 0.944. The first-order chi connectivity index (χ1) is 6.95. The van der Waals surface area contributed by atoms with Gasteiger partial charge in [-0.15, -0.1) is 0 Å². The number of rotatable bonds is 1. The van der Waals surface area contributed by atoms with Crippen LogP contribution < -0.4 is 5.73 Å². The summed E-state index contributed by atoms with van der Waals surface area (Å²) in [5, 5.41) is 9.10. The summed E-state index contributed by atoms with van der Waals surface area (Å²) in [4.78, 5) is 10.7. The molecule has 0 unspecified atom stereocenters. The van der Waals surface area contributed by atoms with Crippen LogP contribution in [-0.2, 0) is 0 Å². The maximum absolute atomic E-state index is 10.7. The number of carboxylic acid groups (broad SMARTS) is 1. The highest BCUT2D eigenvalue weighted by Gasteiger charge is 2.14. The lowest BCUT2D eigenvalue weighted by Crippen LogP contribution is -2.04. The Balaban J connectivity index is 0.000000921.